The maximum absolute atomic E-state index is 13.0. The molecule has 0 saturated carbocycles. The second-order valence-corrected chi connectivity index (χ2v) is 8.77. The molecule has 1 aliphatic rings. The van der Waals surface area contributed by atoms with Gasteiger partial charge in [0.05, 0.1) is 23.6 Å². The Balaban J connectivity index is 1.95. The van der Waals surface area contributed by atoms with Crippen molar-refractivity contribution in [2.24, 2.45) is 0 Å². The summed E-state index contributed by atoms with van der Waals surface area (Å²) in [5, 5.41) is 5.51. The fraction of sp³-hybridized carbons (Fsp3) is 0.333. The average molecular weight is 432 g/mol. The normalized spacial score (nSPS) is 16.0. The van der Waals surface area contributed by atoms with Crippen LogP contribution in [0.4, 0.5) is 11.4 Å². The second kappa shape index (κ2) is 8.85. The number of nitrogens with one attached hydrogen (secondary N) is 2. The van der Waals surface area contributed by atoms with E-state index in [-0.39, 0.29) is 22.9 Å². The predicted octanol–water partition coefficient (Wildman–Crippen LogP) is 2.79. The van der Waals surface area contributed by atoms with Gasteiger partial charge in [-0.05, 0) is 29.8 Å². The Morgan fingerprint density at radius 1 is 1.20 bits per heavy atom. The third kappa shape index (κ3) is 4.17. The first-order valence-corrected chi connectivity index (χ1v) is 11.1. The Morgan fingerprint density at radius 3 is 2.57 bits per heavy atom. The summed E-state index contributed by atoms with van der Waals surface area (Å²) in [6.07, 6.45) is 0.00258. The summed E-state index contributed by atoms with van der Waals surface area (Å²) >= 11 is 0. The Bertz CT molecular complexity index is 1060. The van der Waals surface area contributed by atoms with Crippen molar-refractivity contribution < 1.29 is 22.7 Å². The minimum atomic E-state index is -3.70. The molecule has 0 spiro atoms. The molecule has 9 heteroatoms. The summed E-state index contributed by atoms with van der Waals surface area (Å²) in [6, 6.07) is 11.5. The molecule has 0 saturated heterocycles. The number of nitrogens with zero attached hydrogens (tertiary/aromatic N) is 1. The van der Waals surface area contributed by atoms with E-state index in [1.165, 1.54) is 29.6 Å². The predicted molar refractivity (Wildman–Crippen MR) is 114 cm³/mol. The maximum atomic E-state index is 13.0. The van der Waals surface area contributed by atoms with E-state index in [4.69, 9.17) is 4.74 Å². The van der Waals surface area contributed by atoms with Gasteiger partial charge in [-0.15, -0.1) is 0 Å². The Kier molecular flexibility index (Phi) is 6.42. The van der Waals surface area contributed by atoms with E-state index in [1.54, 1.807) is 38.1 Å². The van der Waals surface area contributed by atoms with Crippen LogP contribution in [0.5, 0.6) is 5.75 Å². The molecule has 0 aliphatic carbocycles. The number of methoxy groups -OCH3 is 1. The first-order chi connectivity index (χ1) is 14.3. The molecule has 30 heavy (non-hydrogen) atoms. The lowest BCUT2D eigenvalue weighted by atomic mass is 9.90. The van der Waals surface area contributed by atoms with Crippen molar-refractivity contribution in [2.75, 3.05) is 30.8 Å². The van der Waals surface area contributed by atoms with Gasteiger partial charge < -0.3 is 15.4 Å². The maximum Gasteiger partial charge on any atom is 0.243 e. The van der Waals surface area contributed by atoms with Crippen LogP contribution in [0.25, 0.3) is 0 Å². The van der Waals surface area contributed by atoms with Gasteiger partial charge in [-0.2, -0.15) is 4.31 Å². The molecule has 1 atom stereocenters. The molecule has 1 heterocycles. The number of rotatable bonds is 7. The summed E-state index contributed by atoms with van der Waals surface area (Å²) in [5.41, 5.74) is 1.54. The molecule has 2 amide bonds. The van der Waals surface area contributed by atoms with Crippen LogP contribution in [-0.4, -0.2) is 44.7 Å². The fourth-order valence-electron chi connectivity index (χ4n) is 3.52. The van der Waals surface area contributed by atoms with Crippen molar-refractivity contribution >= 4 is 33.2 Å². The van der Waals surface area contributed by atoms with Crippen LogP contribution >= 0.6 is 0 Å². The van der Waals surface area contributed by atoms with Gasteiger partial charge >= 0.3 is 0 Å². The van der Waals surface area contributed by atoms with Gasteiger partial charge in [0.2, 0.25) is 21.8 Å². The van der Waals surface area contributed by atoms with Crippen molar-refractivity contribution in [2.45, 2.75) is 31.1 Å². The van der Waals surface area contributed by atoms with E-state index in [9.17, 15) is 18.0 Å². The van der Waals surface area contributed by atoms with Crippen LogP contribution in [0.3, 0.4) is 0 Å². The zero-order valence-electron chi connectivity index (χ0n) is 17.1. The van der Waals surface area contributed by atoms with Crippen molar-refractivity contribution in [3.05, 3.63) is 48.0 Å². The number of benzene rings is 2. The summed E-state index contributed by atoms with van der Waals surface area (Å²) in [4.78, 5) is 25.1. The van der Waals surface area contributed by atoms with Gasteiger partial charge in [-0.3, -0.25) is 9.59 Å². The zero-order valence-corrected chi connectivity index (χ0v) is 18.0. The van der Waals surface area contributed by atoms with Crippen molar-refractivity contribution in [3.63, 3.8) is 0 Å². The monoisotopic (exact) mass is 431 g/mol. The van der Waals surface area contributed by atoms with Crippen LogP contribution in [0.1, 0.15) is 31.7 Å². The summed E-state index contributed by atoms with van der Waals surface area (Å²) in [5.74, 6) is -1.02. The highest BCUT2D eigenvalue weighted by atomic mass is 32.2. The summed E-state index contributed by atoms with van der Waals surface area (Å²) in [7, 11) is -2.27. The number of hydrogen-bond acceptors (Lipinski definition) is 5. The number of fused-ring (bicyclic) bond motifs is 1. The third-order valence-corrected chi connectivity index (χ3v) is 7.13. The topological polar surface area (TPSA) is 105 Å². The molecule has 0 radical (unpaired) electrons. The van der Waals surface area contributed by atoms with Gasteiger partial charge in [0.25, 0.3) is 0 Å². The highest BCUT2D eigenvalue weighted by molar-refractivity contribution is 7.89. The Labute approximate surface area is 176 Å². The number of carbonyl (C=O) groups is 2. The van der Waals surface area contributed by atoms with Gasteiger partial charge in [0.15, 0.2) is 0 Å². The minimum absolute atomic E-state index is 0.00258. The number of ether oxygens (including phenoxy) is 1. The Hall–Kier alpha value is -2.91. The Morgan fingerprint density at radius 2 is 1.90 bits per heavy atom. The van der Waals surface area contributed by atoms with Crippen molar-refractivity contribution in [1.82, 2.24) is 4.31 Å². The minimum Gasteiger partial charge on any atom is -0.495 e. The molecule has 0 fully saturated rings. The molecule has 3 rings (SSSR count). The lowest BCUT2D eigenvalue weighted by molar-refractivity contribution is -0.123. The largest absolute Gasteiger partial charge is 0.495 e. The second-order valence-electron chi connectivity index (χ2n) is 6.83. The van der Waals surface area contributed by atoms with Crippen LogP contribution in [0, 0.1) is 0 Å². The SMILES string of the molecule is CCN(CC)S(=O)(=O)c1ccc(OC)c(NC(=O)C2CC(=O)Nc3ccccc32)c1. The fourth-order valence-corrected chi connectivity index (χ4v) is 5.01. The van der Waals surface area contributed by atoms with Crippen molar-refractivity contribution in [1.29, 1.82) is 0 Å². The highest BCUT2D eigenvalue weighted by Gasteiger charge is 2.31. The average Bonchev–Trinajstić information content (AvgIpc) is 2.73. The molecule has 1 unspecified atom stereocenters. The lowest BCUT2D eigenvalue weighted by Crippen LogP contribution is -2.31. The molecule has 2 aromatic carbocycles. The number of anilines is 2. The standard InChI is InChI=1S/C21H25N3O5S/c1-4-24(5-2)30(27,28)14-10-11-19(29-3)18(12-14)23-21(26)16-13-20(25)22-17-9-7-6-8-15(16)17/h6-12,16H,4-5,13H2,1-3H3,(H,22,25)(H,23,26). The smallest absolute Gasteiger partial charge is 0.243 e. The lowest BCUT2D eigenvalue weighted by Gasteiger charge is -2.25. The van der Waals surface area contributed by atoms with Crippen LogP contribution in [0.2, 0.25) is 0 Å². The third-order valence-electron chi connectivity index (χ3n) is 5.09. The number of para-hydroxylation sites is 1. The van der Waals surface area contributed by atoms with Gasteiger partial charge in [-0.1, -0.05) is 32.0 Å². The molecule has 160 valence electrons. The number of amides is 2. The van der Waals surface area contributed by atoms with Gasteiger partial charge in [-0.25, -0.2) is 8.42 Å². The first kappa shape index (κ1) is 21.8. The van der Waals surface area contributed by atoms with E-state index >= 15 is 0 Å². The van der Waals surface area contributed by atoms with E-state index in [2.05, 4.69) is 10.6 Å². The molecule has 8 nitrogen and oxygen atoms in total. The molecule has 2 aromatic rings. The molecule has 0 aromatic heterocycles. The molecule has 1 aliphatic heterocycles. The number of sulfonamides is 1. The van der Waals surface area contributed by atoms with E-state index < -0.39 is 21.8 Å². The van der Waals surface area contributed by atoms with Crippen molar-refractivity contribution in [3.8, 4) is 5.75 Å². The number of carbonyl (C=O) groups excluding carboxylic acids is 2. The number of hydrogen-bond donors (Lipinski definition) is 2. The molecule has 0 bridgehead atoms. The zero-order chi connectivity index (χ0) is 21.9. The van der Waals surface area contributed by atoms with E-state index in [1.807, 2.05) is 0 Å². The summed E-state index contributed by atoms with van der Waals surface area (Å²) < 4.78 is 32.4. The van der Waals surface area contributed by atoms with Crippen LogP contribution < -0.4 is 15.4 Å². The molecular formula is C21H25N3O5S. The quantitative estimate of drug-likeness (QED) is 0.701. The van der Waals surface area contributed by atoms with E-state index in [0.717, 1.165) is 0 Å². The molecule has 2 N–H and O–H groups in total. The highest BCUT2D eigenvalue weighted by Crippen LogP contribution is 2.35. The van der Waals surface area contributed by atoms with Crippen LogP contribution in [0.15, 0.2) is 47.4 Å². The summed E-state index contributed by atoms with van der Waals surface area (Å²) in [6.45, 7) is 4.19. The first-order valence-electron chi connectivity index (χ1n) is 9.69. The van der Waals surface area contributed by atoms with Gasteiger partial charge in [0.1, 0.15) is 5.75 Å². The van der Waals surface area contributed by atoms with E-state index in [0.29, 0.717) is 30.1 Å². The van der Waals surface area contributed by atoms with Crippen LogP contribution in [-0.2, 0) is 19.6 Å². The van der Waals surface area contributed by atoms with Gasteiger partial charge in [0, 0.05) is 25.2 Å². The molecular weight excluding hydrogens is 406 g/mol.